The molecule has 13 heteroatoms. The van der Waals surface area contributed by atoms with Crippen molar-refractivity contribution in [3.8, 4) is 11.3 Å². The zero-order valence-corrected chi connectivity index (χ0v) is 20.8. The number of carbonyl (C=O) groups excluding carboxylic acids is 2. The third kappa shape index (κ3) is 4.72. The molecule has 2 aromatic heterocycles. The third-order valence-corrected chi connectivity index (χ3v) is 6.34. The Morgan fingerprint density at radius 2 is 1.92 bits per heavy atom. The predicted octanol–water partition coefficient (Wildman–Crippen LogP) is 5.78. The Hall–Kier alpha value is -3.90. The van der Waals surface area contributed by atoms with E-state index in [2.05, 4.69) is 20.1 Å². The highest BCUT2D eigenvalue weighted by Crippen LogP contribution is 2.46. The molecule has 3 aromatic rings. The Morgan fingerprint density at radius 3 is 2.61 bits per heavy atom. The van der Waals surface area contributed by atoms with Crippen LogP contribution in [-0.2, 0) is 9.47 Å². The van der Waals surface area contributed by atoms with Crippen molar-refractivity contribution in [2.75, 3.05) is 18.4 Å². The topological polar surface area (TPSA) is 98.6 Å². The lowest BCUT2D eigenvalue weighted by atomic mass is 9.97. The number of hydrogen-bond donors (Lipinski definition) is 1. The van der Waals surface area contributed by atoms with Crippen molar-refractivity contribution in [1.29, 1.82) is 0 Å². The first kappa shape index (κ1) is 25.7. The summed E-state index contributed by atoms with van der Waals surface area (Å²) in [5.41, 5.74) is -0.389. The first-order valence-electron chi connectivity index (χ1n) is 12.0. The molecule has 3 atom stereocenters. The fourth-order valence-electron chi connectivity index (χ4n) is 4.77. The standard InChI is InChI=1S/C25H25F4N5O4/c1-24(2,3)38-23(36)33-11-9-17(15(26)12-33)34-16-7-5-4-6-13(16)19(32-34)14-8-10-30-21-18(14)20(25(27,28)29)37-22(35)31-21/h4-8,10,15,17,20H,9,11-12H2,1-3H3,(H,30,31,35)/t15-,17-,20+/m0/s1. The van der Waals surface area contributed by atoms with Gasteiger partial charge in [0.25, 0.3) is 0 Å². The first-order chi connectivity index (χ1) is 17.8. The molecule has 0 aliphatic carbocycles. The number of alkyl halides is 4. The van der Waals surface area contributed by atoms with Gasteiger partial charge in [-0.2, -0.15) is 18.3 Å². The summed E-state index contributed by atoms with van der Waals surface area (Å²) in [5.74, 6) is -0.284. The van der Waals surface area contributed by atoms with Crippen molar-refractivity contribution < 1.29 is 36.6 Å². The second-order valence-electron chi connectivity index (χ2n) is 10.2. The molecule has 0 saturated carbocycles. The van der Waals surface area contributed by atoms with Crippen molar-refractivity contribution in [1.82, 2.24) is 19.7 Å². The number of benzene rings is 1. The molecule has 0 spiro atoms. The minimum atomic E-state index is -4.90. The van der Waals surface area contributed by atoms with Crippen molar-refractivity contribution in [2.45, 2.75) is 57.3 Å². The summed E-state index contributed by atoms with van der Waals surface area (Å²) >= 11 is 0. The summed E-state index contributed by atoms with van der Waals surface area (Å²) in [4.78, 5) is 29.4. The van der Waals surface area contributed by atoms with Crippen LogP contribution in [0.3, 0.4) is 0 Å². The number of carbonyl (C=O) groups is 2. The predicted molar refractivity (Wildman–Crippen MR) is 128 cm³/mol. The molecule has 1 N–H and O–H groups in total. The van der Waals surface area contributed by atoms with E-state index in [9.17, 15) is 22.8 Å². The molecule has 0 bridgehead atoms. The second-order valence-corrected chi connectivity index (χ2v) is 10.2. The Balaban J connectivity index is 1.55. The van der Waals surface area contributed by atoms with Crippen LogP contribution in [0.1, 0.15) is 44.9 Å². The number of ether oxygens (including phenoxy) is 2. The van der Waals surface area contributed by atoms with E-state index in [4.69, 9.17) is 4.74 Å². The number of para-hydroxylation sites is 1. The molecule has 38 heavy (non-hydrogen) atoms. The van der Waals surface area contributed by atoms with E-state index >= 15 is 4.39 Å². The number of anilines is 1. The Kier molecular flexibility index (Phi) is 6.19. The van der Waals surface area contributed by atoms with E-state index in [-0.39, 0.29) is 42.1 Å². The van der Waals surface area contributed by atoms with Crippen LogP contribution in [0.25, 0.3) is 22.2 Å². The van der Waals surface area contributed by atoms with Crippen molar-refractivity contribution in [2.24, 2.45) is 0 Å². The number of fused-ring (bicyclic) bond motifs is 2. The average molecular weight is 535 g/mol. The third-order valence-electron chi connectivity index (χ3n) is 6.34. The lowest BCUT2D eigenvalue weighted by molar-refractivity contribution is -0.206. The van der Waals surface area contributed by atoms with Crippen LogP contribution in [0, 0.1) is 0 Å². The molecule has 0 unspecified atom stereocenters. The first-order valence-corrected chi connectivity index (χ1v) is 12.0. The van der Waals surface area contributed by atoms with Gasteiger partial charge >= 0.3 is 18.4 Å². The molecule has 2 amide bonds. The van der Waals surface area contributed by atoms with E-state index in [1.807, 2.05) is 0 Å². The van der Waals surface area contributed by atoms with Crippen molar-refractivity contribution in [3.63, 3.8) is 0 Å². The molecular formula is C25H25F4N5O4. The molecule has 9 nitrogen and oxygen atoms in total. The van der Waals surface area contributed by atoms with Crippen molar-refractivity contribution >= 4 is 28.9 Å². The largest absolute Gasteiger partial charge is 0.444 e. The summed E-state index contributed by atoms with van der Waals surface area (Å²) in [6.45, 7) is 5.16. The summed E-state index contributed by atoms with van der Waals surface area (Å²) in [6.07, 6.45) is -9.37. The minimum Gasteiger partial charge on any atom is -0.444 e. The van der Waals surface area contributed by atoms with Gasteiger partial charge in [-0.15, -0.1) is 0 Å². The molecule has 1 fully saturated rings. The van der Waals surface area contributed by atoms with Gasteiger partial charge in [-0.3, -0.25) is 10.00 Å². The number of halogens is 4. The maximum Gasteiger partial charge on any atom is 0.430 e. The van der Waals surface area contributed by atoms with E-state index < -0.39 is 42.3 Å². The SMILES string of the molecule is CC(C)(C)OC(=O)N1CC[C@H](n2nc(-c3ccnc4c3[C@H](C(F)(F)F)OC(=O)N4)c3ccccc32)[C@@H](F)C1. The molecular weight excluding hydrogens is 510 g/mol. The smallest absolute Gasteiger partial charge is 0.430 e. The van der Waals surface area contributed by atoms with Gasteiger partial charge in [0.05, 0.1) is 23.7 Å². The molecule has 2 aliphatic heterocycles. The number of nitrogens with one attached hydrogen (secondary N) is 1. The number of pyridine rings is 1. The van der Waals surface area contributed by atoms with Gasteiger partial charge in [0.15, 0.2) is 0 Å². The normalized spacial score (nSPS) is 22.0. The van der Waals surface area contributed by atoms with Crippen LogP contribution in [0.15, 0.2) is 36.5 Å². The van der Waals surface area contributed by atoms with Gasteiger partial charge in [-0.25, -0.2) is 19.0 Å². The molecule has 1 aromatic carbocycles. The Morgan fingerprint density at radius 1 is 1.18 bits per heavy atom. The number of aromatic nitrogens is 3. The Labute approximate surface area is 214 Å². The lowest BCUT2D eigenvalue weighted by Crippen LogP contribution is -2.47. The van der Waals surface area contributed by atoms with E-state index in [0.29, 0.717) is 10.9 Å². The van der Waals surface area contributed by atoms with Crippen LogP contribution in [0.2, 0.25) is 0 Å². The van der Waals surface area contributed by atoms with E-state index in [0.717, 1.165) is 0 Å². The number of rotatable bonds is 2. The quantitative estimate of drug-likeness (QED) is 0.418. The highest BCUT2D eigenvalue weighted by molar-refractivity contribution is 5.97. The molecule has 1 saturated heterocycles. The van der Waals surface area contributed by atoms with Crippen molar-refractivity contribution in [3.05, 3.63) is 42.1 Å². The van der Waals surface area contributed by atoms with Crippen LogP contribution in [0.4, 0.5) is 33.0 Å². The Bertz CT molecular complexity index is 1400. The molecule has 2 aliphatic rings. The van der Waals surface area contributed by atoms with E-state index in [1.54, 1.807) is 45.0 Å². The maximum absolute atomic E-state index is 15.5. The summed E-state index contributed by atoms with van der Waals surface area (Å²) in [6, 6.07) is 7.37. The van der Waals surface area contributed by atoms with Gasteiger partial charge in [-0.05, 0) is 39.3 Å². The van der Waals surface area contributed by atoms with Crippen LogP contribution in [0.5, 0.6) is 0 Å². The van der Waals surface area contributed by atoms with Gasteiger partial charge in [0.2, 0.25) is 6.10 Å². The summed E-state index contributed by atoms with van der Waals surface area (Å²) in [7, 11) is 0. The summed E-state index contributed by atoms with van der Waals surface area (Å²) in [5, 5.41) is 7.28. The number of nitrogens with zero attached hydrogens (tertiary/aromatic N) is 4. The average Bonchev–Trinajstić information content (AvgIpc) is 3.20. The minimum absolute atomic E-state index is 0.0499. The summed E-state index contributed by atoms with van der Waals surface area (Å²) < 4.78 is 68.6. The van der Waals surface area contributed by atoms with Crippen LogP contribution >= 0.6 is 0 Å². The van der Waals surface area contributed by atoms with Crippen LogP contribution in [-0.4, -0.2) is 62.9 Å². The monoisotopic (exact) mass is 535 g/mol. The number of likely N-dealkylation sites (tertiary alicyclic amines) is 1. The molecule has 202 valence electrons. The van der Waals surface area contributed by atoms with Gasteiger partial charge in [0, 0.05) is 23.7 Å². The number of piperidine rings is 1. The fraction of sp³-hybridized carbons (Fsp3) is 0.440. The van der Waals surface area contributed by atoms with Gasteiger partial charge < -0.3 is 14.4 Å². The van der Waals surface area contributed by atoms with Gasteiger partial charge in [0.1, 0.15) is 23.3 Å². The fourth-order valence-corrected chi connectivity index (χ4v) is 4.77. The second kappa shape index (κ2) is 9.14. The molecule has 4 heterocycles. The number of cyclic esters (lactones) is 1. The van der Waals surface area contributed by atoms with E-state index in [1.165, 1.54) is 21.8 Å². The zero-order chi connectivity index (χ0) is 27.4. The number of hydrogen-bond acceptors (Lipinski definition) is 6. The van der Waals surface area contributed by atoms with Crippen LogP contribution < -0.4 is 5.32 Å². The molecule has 0 radical (unpaired) electrons. The maximum atomic E-state index is 15.5. The lowest BCUT2D eigenvalue weighted by Gasteiger charge is -2.35. The number of amides is 2. The highest BCUT2D eigenvalue weighted by atomic mass is 19.4. The van der Waals surface area contributed by atoms with Gasteiger partial charge in [-0.1, -0.05) is 18.2 Å². The highest BCUT2D eigenvalue weighted by Gasteiger charge is 2.49. The molecule has 5 rings (SSSR count). The zero-order valence-electron chi connectivity index (χ0n) is 20.8.